The Hall–Kier alpha value is -2.09. The molecule has 0 aromatic carbocycles. The Labute approximate surface area is 153 Å². The highest BCUT2D eigenvalue weighted by Gasteiger charge is 2.61. The zero-order valence-corrected chi connectivity index (χ0v) is 15.5. The number of allylic oxidation sites excluding steroid dienone is 1. The van der Waals surface area contributed by atoms with E-state index in [4.69, 9.17) is 4.74 Å². The third kappa shape index (κ3) is 4.75. The van der Waals surface area contributed by atoms with Gasteiger partial charge < -0.3 is 25.4 Å². The van der Waals surface area contributed by atoms with Crippen molar-refractivity contribution in [3.63, 3.8) is 0 Å². The number of carbonyl (C=O) groups excluding carboxylic acids is 3. The molecular formula is C18H29N3O5. The molecule has 1 fully saturated rings. The van der Waals surface area contributed by atoms with Gasteiger partial charge in [-0.3, -0.25) is 4.79 Å². The van der Waals surface area contributed by atoms with Crippen LogP contribution in [0.3, 0.4) is 0 Å². The molecule has 1 heterocycles. The number of nitrogens with zero attached hydrogens (tertiary/aromatic N) is 1. The van der Waals surface area contributed by atoms with E-state index in [1.807, 2.05) is 12.2 Å². The van der Waals surface area contributed by atoms with Crippen LogP contribution >= 0.6 is 0 Å². The summed E-state index contributed by atoms with van der Waals surface area (Å²) in [5.74, 6) is -1.05. The number of amides is 3. The average Bonchev–Trinajstić information content (AvgIpc) is 3.30. The second-order valence-corrected chi connectivity index (χ2v) is 6.85. The monoisotopic (exact) mass is 367 g/mol. The Morgan fingerprint density at radius 2 is 2.19 bits per heavy atom. The van der Waals surface area contributed by atoms with Gasteiger partial charge in [0.1, 0.15) is 11.6 Å². The van der Waals surface area contributed by atoms with Crippen LogP contribution < -0.4 is 10.6 Å². The second kappa shape index (κ2) is 9.02. The van der Waals surface area contributed by atoms with E-state index in [0.717, 1.165) is 19.3 Å². The summed E-state index contributed by atoms with van der Waals surface area (Å²) in [6.45, 7) is 2.28. The smallest absolute Gasteiger partial charge is 0.332 e. The van der Waals surface area contributed by atoms with Crippen LogP contribution in [0, 0.1) is 5.92 Å². The molecule has 1 aliphatic heterocycles. The number of ether oxygens (including phenoxy) is 1. The van der Waals surface area contributed by atoms with E-state index in [2.05, 4.69) is 10.6 Å². The first kappa shape index (κ1) is 20.2. The topological polar surface area (TPSA) is 108 Å². The normalized spacial score (nSPS) is 29.9. The number of carbonyl (C=O) groups is 3. The number of hydrogen-bond donors (Lipinski definition) is 3. The van der Waals surface area contributed by atoms with E-state index >= 15 is 0 Å². The van der Waals surface area contributed by atoms with E-state index in [9.17, 15) is 19.5 Å². The maximum atomic E-state index is 12.7. The SMILES string of the molecule is CCOC(=O)[C@@]12C[C@H]1C=CCCCCN(C)C(=O)N[C@@H](CCO)C(=O)N2. The molecule has 0 bridgehead atoms. The van der Waals surface area contributed by atoms with Crippen molar-refractivity contribution < 1.29 is 24.2 Å². The Kier molecular flexibility index (Phi) is 7.02. The van der Waals surface area contributed by atoms with Crippen LogP contribution in [0.15, 0.2) is 12.2 Å². The van der Waals surface area contributed by atoms with Gasteiger partial charge in [-0.15, -0.1) is 0 Å². The van der Waals surface area contributed by atoms with Crippen LogP contribution in [0.1, 0.15) is 39.0 Å². The summed E-state index contributed by atoms with van der Waals surface area (Å²) in [5.41, 5.74) is -1.07. The van der Waals surface area contributed by atoms with Gasteiger partial charge in [-0.1, -0.05) is 12.2 Å². The molecule has 0 aromatic heterocycles. The fourth-order valence-corrected chi connectivity index (χ4v) is 3.15. The Morgan fingerprint density at radius 3 is 2.88 bits per heavy atom. The standard InChI is InChI=1S/C18H29N3O5/c1-3-26-16(24)18-12-13(18)8-6-4-5-7-10-21(2)17(25)19-14(9-11-22)15(23)20-18/h6,8,13-14,22H,3-5,7,9-12H2,1-2H3,(H,19,25)(H,20,23)/t13-,14+,18-/m1/s1. The predicted octanol–water partition coefficient (Wildman–Crippen LogP) is 0.557. The van der Waals surface area contributed by atoms with Crippen LogP contribution in [0.25, 0.3) is 0 Å². The summed E-state index contributed by atoms with van der Waals surface area (Å²) in [4.78, 5) is 38.9. The van der Waals surface area contributed by atoms with Crippen molar-refractivity contribution in [2.24, 2.45) is 5.92 Å². The minimum Gasteiger partial charge on any atom is -0.464 e. The number of aliphatic hydroxyl groups is 1. The molecule has 0 aromatic rings. The van der Waals surface area contributed by atoms with Gasteiger partial charge in [-0.25, -0.2) is 9.59 Å². The first-order valence-electron chi connectivity index (χ1n) is 9.23. The highest BCUT2D eigenvalue weighted by Crippen LogP contribution is 2.46. The van der Waals surface area contributed by atoms with Crippen molar-refractivity contribution in [2.45, 2.75) is 50.6 Å². The first-order chi connectivity index (χ1) is 12.4. The van der Waals surface area contributed by atoms with Gasteiger partial charge in [-0.05, 0) is 39.0 Å². The van der Waals surface area contributed by atoms with Crippen LogP contribution in [0.4, 0.5) is 4.79 Å². The average molecular weight is 367 g/mol. The van der Waals surface area contributed by atoms with Crippen molar-refractivity contribution >= 4 is 17.9 Å². The zero-order valence-electron chi connectivity index (χ0n) is 15.5. The summed E-state index contributed by atoms with van der Waals surface area (Å²) in [6.07, 6.45) is 7.17. The Bertz CT molecular complexity index is 565. The molecule has 146 valence electrons. The third-order valence-corrected chi connectivity index (χ3v) is 4.86. The third-order valence-electron chi connectivity index (χ3n) is 4.86. The number of rotatable bonds is 4. The number of nitrogens with one attached hydrogen (secondary N) is 2. The fourth-order valence-electron chi connectivity index (χ4n) is 3.15. The fraction of sp³-hybridized carbons (Fsp3) is 0.722. The summed E-state index contributed by atoms with van der Waals surface area (Å²) < 4.78 is 5.14. The quantitative estimate of drug-likeness (QED) is 0.497. The van der Waals surface area contributed by atoms with E-state index < -0.39 is 23.5 Å². The van der Waals surface area contributed by atoms with Gasteiger partial charge in [0.25, 0.3) is 0 Å². The molecule has 8 nitrogen and oxygen atoms in total. The zero-order chi connectivity index (χ0) is 19.2. The van der Waals surface area contributed by atoms with Gasteiger partial charge in [0.15, 0.2) is 0 Å². The van der Waals surface area contributed by atoms with Crippen molar-refractivity contribution in [1.29, 1.82) is 0 Å². The minimum absolute atomic E-state index is 0.0742. The van der Waals surface area contributed by atoms with E-state index in [0.29, 0.717) is 13.0 Å². The molecule has 3 amide bonds. The molecule has 26 heavy (non-hydrogen) atoms. The van der Waals surface area contributed by atoms with E-state index in [1.54, 1.807) is 14.0 Å². The van der Waals surface area contributed by atoms with Gasteiger partial charge in [-0.2, -0.15) is 0 Å². The maximum Gasteiger partial charge on any atom is 0.332 e. The summed E-state index contributed by atoms with van der Waals surface area (Å²) in [7, 11) is 1.67. The maximum absolute atomic E-state index is 12.7. The lowest BCUT2D eigenvalue weighted by Gasteiger charge is -2.25. The van der Waals surface area contributed by atoms with Crippen LogP contribution in [-0.4, -0.2) is 66.3 Å². The largest absolute Gasteiger partial charge is 0.464 e. The van der Waals surface area contributed by atoms with Gasteiger partial charge in [0, 0.05) is 26.1 Å². The molecule has 3 atom stereocenters. The summed E-state index contributed by atoms with van der Waals surface area (Å²) in [5, 5.41) is 14.7. The molecule has 3 N–H and O–H groups in total. The van der Waals surface area contributed by atoms with Gasteiger partial charge in [0.2, 0.25) is 5.91 Å². The number of urea groups is 1. The van der Waals surface area contributed by atoms with Crippen molar-refractivity contribution in [1.82, 2.24) is 15.5 Å². The predicted molar refractivity (Wildman–Crippen MR) is 95.3 cm³/mol. The molecule has 0 unspecified atom stereocenters. The molecule has 8 heteroatoms. The van der Waals surface area contributed by atoms with Crippen LogP contribution in [-0.2, 0) is 14.3 Å². The Morgan fingerprint density at radius 1 is 1.42 bits per heavy atom. The van der Waals surface area contributed by atoms with Crippen LogP contribution in [0.2, 0.25) is 0 Å². The number of hydrogen-bond acceptors (Lipinski definition) is 5. The second-order valence-electron chi connectivity index (χ2n) is 6.85. The molecule has 2 aliphatic rings. The molecular weight excluding hydrogens is 338 g/mol. The van der Waals surface area contributed by atoms with E-state index in [-0.39, 0.29) is 31.6 Å². The number of aliphatic hydroxyl groups excluding tert-OH is 1. The molecule has 0 spiro atoms. The Balaban J connectivity index is 2.21. The van der Waals surface area contributed by atoms with Gasteiger partial charge >= 0.3 is 12.0 Å². The van der Waals surface area contributed by atoms with Crippen molar-refractivity contribution in [3.8, 4) is 0 Å². The van der Waals surface area contributed by atoms with Gasteiger partial charge in [0.05, 0.1) is 6.61 Å². The molecule has 2 rings (SSSR count). The van der Waals surface area contributed by atoms with Crippen molar-refractivity contribution in [3.05, 3.63) is 12.2 Å². The molecule has 0 radical (unpaired) electrons. The minimum atomic E-state index is -1.07. The lowest BCUT2D eigenvalue weighted by Crippen LogP contribution is -2.55. The van der Waals surface area contributed by atoms with Crippen LogP contribution in [0.5, 0.6) is 0 Å². The summed E-state index contributed by atoms with van der Waals surface area (Å²) in [6, 6.07) is -1.28. The lowest BCUT2D eigenvalue weighted by molar-refractivity contribution is -0.149. The highest BCUT2D eigenvalue weighted by atomic mass is 16.5. The summed E-state index contributed by atoms with van der Waals surface area (Å²) >= 11 is 0. The highest BCUT2D eigenvalue weighted by molar-refractivity contribution is 5.95. The lowest BCUT2D eigenvalue weighted by atomic mass is 10.1. The molecule has 1 aliphatic carbocycles. The van der Waals surface area contributed by atoms with Crippen molar-refractivity contribution in [2.75, 3.05) is 26.8 Å². The van der Waals surface area contributed by atoms with E-state index in [1.165, 1.54) is 4.90 Å². The first-order valence-corrected chi connectivity index (χ1v) is 9.23. The molecule has 0 saturated heterocycles. The number of fused-ring (bicyclic) bond motifs is 1. The number of esters is 1. The molecule has 1 saturated carbocycles.